The monoisotopic (exact) mass is 298 g/mol. The zero-order valence-corrected chi connectivity index (χ0v) is 13.2. The number of rotatable bonds is 3. The molecule has 0 radical (unpaired) electrons. The molecular weight excluding hydrogens is 280 g/mol. The van der Waals surface area contributed by atoms with E-state index in [-0.39, 0.29) is 5.91 Å². The Hall–Kier alpha value is -2.20. The van der Waals surface area contributed by atoms with Crippen LogP contribution in [-0.2, 0) is 0 Å². The molecule has 3 nitrogen and oxygen atoms in total. The molecule has 0 aliphatic heterocycles. The predicted molar refractivity (Wildman–Crippen MR) is 91.0 cm³/mol. The molecule has 0 bridgehead atoms. The maximum Gasteiger partial charge on any atom is 0.258 e. The molecule has 0 unspecified atom stereocenters. The summed E-state index contributed by atoms with van der Waals surface area (Å²) in [6.45, 7) is 4.03. The van der Waals surface area contributed by atoms with Crippen molar-refractivity contribution in [2.75, 3.05) is 11.9 Å². The molecule has 0 aromatic heterocycles. The van der Waals surface area contributed by atoms with Crippen molar-refractivity contribution in [3.8, 4) is 0 Å². The molecule has 2 aromatic rings. The summed E-state index contributed by atoms with van der Waals surface area (Å²) in [5.41, 5.74) is 10.0. The number of nitrogens with zero attached hydrogens (tertiary/aromatic N) is 1. The van der Waals surface area contributed by atoms with E-state index in [0.29, 0.717) is 16.1 Å². The van der Waals surface area contributed by atoms with Crippen molar-refractivity contribution < 1.29 is 4.79 Å². The highest BCUT2D eigenvalue weighted by molar-refractivity contribution is 7.80. The smallest absolute Gasteiger partial charge is 0.258 e. The van der Waals surface area contributed by atoms with Crippen LogP contribution in [0, 0.1) is 13.8 Å². The van der Waals surface area contributed by atoms with E-state index in [1.165, 1.54) is 0 Å². The summed E-state index contributed by atoms with van der Waals surface area (Å²) in [5.74, 6) is -0.0851. The van der Waals surface area contributed by atoms with Gasteiger partial charge in [0.1, 0.15) is 4.99 Å². The number of nitrogens with two attached hydrogens (primary N) is 1. The van der Waals surface area contributed by atoms with Gasteiger partial charge < -0.3 is 10.6 Å². The third-order valence-corrected chi connectivity index (χ3v) is 3.53. The SMILES string of the molecule is Cc1cc(C)cc(N(C)C(=O)c2cccc(C(N)=S)c2)c1. The highest BCUT2D eigenvalue weighted by Crippen LogP contribution is 2.20. The lowest BCUT2D eigenvalue weighted by Gasteiger charge is -2.19. The molecule has 0 heterocycles. The Bertz CT molecular complexity index is 689. The fourth-order valence-corrected chi connectivity index (χ4v) is 2.39. The molecule has 0 saturated carbocycles. The van der Waals surface area contributed by atoms with Crippen LogP contribution in [0.15, 0.2) is 42.5 Å². The zero-order valence-electron chi connectivity index (χ0n) is 12.4. The van der Waals surface area contributed by atoms with E-state index in [1.54, 1.807) is 36.2 Å². The molecule has 0 aliphatic carbocycles. The van der Waals surface area contributed by atoms with Gasteiger partial charge in [-0.3, -0.25) is 4.79 Å². The van der Waals surface area contributed by atoms with E-state index in [9.17, 15) is 4.79 Å². The lowest BCUT2D eigenvalue weighted by Crippen LogP contribution is -2.26. The van der Waals surface area contributed by atoms with Gasteiger partial charge in [-0.2, -0.15) is 0 Å². The average Bonchev–Trinajstić information content (AvgIpc) is 2.44. The topological polar surface area (TPSA) is 46.3 Å². The van der Waals surface area contributed by atoms with Gasteiger partial charge in [0, 0.05) is 23.9 Å². The van der Waals surface area contributed by atoms with Crippen molar-refractivity contribution in [2.24, 2.45) is 5.73 Å². The van der Waals surface area contributed by atoms with E-state index >= 15 is 0 Å². The number of hydrogen-bond donors (Lipinski definition) is 1. The van der Waals surface area contributed by atoms with Crippen molar-refractivity contribution in [2.45, 2.75) is 13.8 Å². The van der Waals surface area contributed by atoms with E-state index in [4.69, 9.17) is 18.0 Å². The first kappa shape index (κ1) is 15.2. The Morgan fingerprint density at radius 2 is 1.62 bits per heavy atom. The fourth-order valence-electron chi connectivity index (χ4n) is 2.26. The normalized spacial score (nSPS) is 10.2. The average molecular weight is 298 g/mol. The van der Waals surface area contributed by atoms with Crippen molar-refractivity contribution in [1.82, 2.24) is 0 Å². The molecule has 0 spiro atoms. The zero-order chi connectivity index (χ0) is 15.6. The number of amides is 1. The van der Waals surface area contributed by atoms with Gasteiger partial charge in [-0.05, 0) is 49.2 Å². The maximum absolute atomic E-state index is 12.6. The van der Waals surface area contributed by atoms with Gasteiger partial charge in [0.25, 0.3) is 5.91 Å². The lowest BCUT2D eigenvalue weighted by molar-refractivity contribution is 0.0993. The van der Waals surface area contributed by atoms with E-state index in [0.717, 1.165) is 16.8 Å². The minimum Gasteiger partial charge on any atom is -0.389 e. The van der Waals surface area contributed by atoms with Gasteiger partial charge in [0.15, 0.2) is 0 Å². The summed E-state index contributed by atoms with van der Waals surface area (Å²) >= 11 is 4.95. The fraction of sp³-hybridized carbons (Fsp3) is 0.176. The van der Waals surface area contributed by atoms with Gasteiger partial charge in [0.2, 0.25) is 0 Å². The van der Waals surface area contributed by atoms with Crippen LogP contribution in [-0.4, -0.2) is 17.9 Å². The number of hydrogen-bond acceptors (Lipinski definition) is 2. The van der Waals surface area contributed by atoms with Gasteiger partial charge in [-0.15, -0.1) is 0 Å². The number of carbonyl (C=O) groups is 1. The van der Waals surface area contributed by atoms with Crippen LogP contribution >= 0.6 is 12.2 Å². The summed E-state index contributed by atoms with van der Waals surface area (Å²) in [7, 11) is 1.77. The molecule has 21 heavy (non-hydrogen) atoms. The first-order valence-electron chi connectivity index (χ1n) is 6.64. The second-order valence-electron chi connectivity index (χ2n) is 5.16. The molecular formula is C17H18N2OS. The second kappa shape index (κ2) is 6.06. The summed E-state index contributed by atoms with van der Waals surface area (Å²) in [6.07, 6.45) is 0. The summed E-state index contributed by atoms with van der Waals surface area (Å²) in [5, 5.41) is 0. The molecule has 0 atom stereocenters. The van der Waals surface area contributed by atoms with Gasteiger partial charge in [-0.25, -0.2) is 0 Å². The Morgan fingerprint density at radius 3 is 2.19 bits per heavy atom. The number of benzene rings is 2. The van der Waals surface area contributed by atoms with Crippen LogP contribution in [0.2, 0.25) is 0 Å². The van der Waals surface area contributed by atoms with Crippen molar-refractivity contribution >= 4 is 28.8 Å². The van der Waals surface area contributed by atoms with Crippen molar-refractivity contribution in [1.29, 1.82) is 0 Å². The molecule has 4 heteroatoms. The number of aryl methyl sites for hydroxylation is 2. The Labute approximate surface area is 130 Å². The van der Waals surface area contributed by atoms with E-state index < -0.39 is 0 Å². The van der Waals surface area contributed by atoms with Crippen LogP contribution in [0.25, 0.3) is 0 Å². The quantitative estimate of drug-likeness (QED) is 0.885. The first-order chi connectivity index (χ1) is 9.88. The van der Waals surface area contributed by atoms with Crippen LogP contribution in [0.1, 0.15) is 27.0 Å². The van der Waals surface area contributed by atoms with Gasteiger partial charge in [-0.1, -0.05) is 30.4 Å². The Kier molecular flexibility index (Phi) is 4.38. The Balaban J connectivity index is 2.34. The molecule has 1 amide bonds. The number of thiocarbonyl (C=S) groups is 1. The summed E-state index contributed by atoms with van der Waals surface area (Å²) in [4.78, 5) is 14.5. The lowest BCUT2D eigenvalue weighted by atomic mass is 10.1. The Morgan fingerprint density at radius 1 is 1.05 bits per heavy atom. The number of anilines is 1. The third kappa shape index (κ3) is 3.47. The summed E-state index contributed by atoms with van der Waals surface area (Å²) < 4.78 is 0. The molecule has 2 aromatic carbocycles. The van der Waals surface area contributed by atoms with Gasteiger partial charge in [0.05, 0.1) is 0 Å². The highest BCUT2D eigenvalue weighted by atomic mass is 32.1. The van der Waals surface area contributed by atoms with E-state index in [2.05, 4.69) is 6.07 Å². The van der Waals surface area contributed by atoms with Crippen LogP contribution < -0.4 is 10.6 Å². The standard InChI is InChI=1S/C17H18N2OS/c1-11-7-12(2)9-15(8-11)19(3)17(20)14-6-4-5-13(10-14)16(18)21/h4-10H,1-3H3,(H2,18,21). The largest absolute Gasteiger partial charge is 0.389 e. The van der Waals surface area contributed by atoms with Crippen molar-refractivity contribution in [3.63, 3.8) is 0 Å². The molecule has 0 fully saturated rings. The number of carbonyl (C=O) groups excluding carboxylic acids is 1. The van der Waals surface area contributed by atoms with Gasteiger partial charge >= 0.3 is 0 Å². The summed E-state index contributed by atoms with van der Waals surface area (Å²) in [6, 6.07) is 13.1. The van der Waals surface area contributed by atoms with Crippen LogP contribution in [0.3, 0.4) is 0 Å². The van der Waals surface area contributed by atoms with Crippen molar-refractivity contribution in [3.05, 3.63) is 64.7 Å². The first-order valence-corrected chi connectivity index (χ1v) is 7.05. The predicted octanol–water partition coefficient (Wildman–Crippen LogP) is 3.21. The third-order valence-electron chi connectivity index (χ3n) is 3.29. The maximum atomic E-state index is 12.6. The molecule has 0 saturated heterocycles. The minimum atomic E-state index is -0.0851. The molecule has 0 aliphatic rings. The van der Waals surface area contributed by atoms with Crippen LogP contribution in [0.5, 0.6) is 0 Å². The van der Waals surface area contributed by atoms with E-state index in [1.807, 2.05) is 26.0 Å². The highest BCUT2D eigenvalue weighted by Gasteiger charge is 2.14. The molecule has 108 valence electrons. The molecule has 2 rings (SSSR count). The second-order valence-corrected chi connectivity index (χ2v) is 5.59. The minimum absolute atomic E-state index is 0.0851. The molecule has 2 N–H and O–H groups in total. The van der Waals surface area contributed by atoms with Crippen LogP contribution in [0.4, 0.5) is 5.69 Å².